The van der Waals surface area contributed by atoms with E-state index in [1.165, 1.54) is 4.31 Å². The van der Waals surface area contributed by atoms with Crippen molar-refractivity contribution in [3.63, 3.8) is 0 Å². The molecule has 0 bridgehead atoms. The third-order valence-electron chi connectivity index (χ3n) is 4.65. The molecule has 0 atom stereocenters. The van der Waals surface area contributed by atoms with E-state index in [2.05, 4.69) is 6.92 Å². The van der Waals surface area contributed by atoms with Crippen molar-refractivity contribution in [2.45, 2.75) is 44.9 Å². The summed E-state index contributed by atoms with van der Waals surface area (Å²) in [4.78, 5) is 14.2. The van der Waals surface area contributed by atoms with Crippen molar-refractivity contribution < 1.29 is 17.9 Å². The number of unbranched alkanes of at least 4 members (excludes halogenated alkanes) is 1. The summed E-state index contributed by atoms with van der Waals surface area (Å²) in [6.07, 6.45) is 2.40. The van der Waals surface area contributed by atoms with Crippen LogP contribution in [0.25, 0.3) is 0 Å². The number of sulfonamides is 1. The molecule has 0 saturated carbocycles. The van der Waals surface area contributed by atoms with Crippen molar-refractivity contribution in [2.75, 3.05) is 33.3 Å². The quantitative estimate of drug-likeness (QED) is 0.773. The summed E-state index contributed by atoms with van der Waals surface area (Å²) in [5, 5.41) is 0. The van der Waals surface area contributed by atoms with Crippen LogP contribution in [0.4, 0.5) is 0 Å². The number of carbonyl (C=O) groups excluding carboxylic acids is 1. The lowest BCUT2D eigenvalue weighted by Crippen LogP contribution is -2.50. The van der Waals surface area contributed by atoms with Crippen molar-refractivity contribution in [1.82, 2.24) is 9.21 Å². The Morgan fingerprint density at radius 3 is 2.32 bits per heavy atom. The molecule has 1 fully saturated rings. The summed E-state index contributed by atoms with van der Waals surface area (Å²) in [6, 6.07) is 3.43. The van der Waals surface area contributed by atoms with Crippen LogP contribution in [0.5, 0.6) is 5.75 Å². The van der Waals surface area contributed by atoms with Crippen LogP contribution >= 0.6 is 0 Å². The molecular weight excluding hydrogens is 340 g/mol. The molecule has 0 N–H and O–H groups in total. The van der Waals surface area contributed by atoms with Gasteiger partial charge in [-0.2, -0.15) is 4.31 Å². The highest BCUT2D eigenvalue weighted by Crippen LogP contribution is 2.28. The Morgan fingerprint density at radius 2 is 1.76 bits per heavy atom. The number of benzene rings is 1. The lowest BCUT2D eigenvalue weighted by molar-refractivity contribution is -0.132. The zero-order chi connectivity index (χ0) is 18.6. The van der Waals surface area contributed by atoms with E-state index in [0.717, 1.165) is 18.4 Å². The zero-order valence-corrected chi connectivity index (χ0v) is 16.4. The van der Waals surface area contributed by atoms with Crippen LogP contribution in [-0.4, -0.2) is 56.8 Å². The van der Waals surface area contributed by atoms with Gasteiger partial charge in [-0.05, 0) is 43.5 Å². The smallest absolute Gasteiger partial charge is 0.243 e. The number of methoxy groups -OCH3 is 1. The predicted octanol–water partition coefficient (Wildman–Crippen LogP) is 2.34. The maximum Gasteiger partial charge on any atom is 0.243 e. The van der Waals surface area contributed by atoms with Crippen molar-refractivity contribution in [1.29, 1.82) is 0 Å². The van der Waals surface area contributed by atoms with Crippen LogP contribution in [0.15, 0.2) is 17.0 Å². The minimum atomic E-state index is -3.57. The third-order valence-corrected chi connectivity index (χ3v) is 6.69. The normalized spacial score (nSPS) is 16.1. The second-order valence-electron chi connectivity index (χ2n) is 6.48. The molecule has 0 unspecified atom stereocenters. The van der Waals surface area contributed by atoms with Crippen molar-refractivity contribution in [3.8, 4) is 5.75 Å². The molecule has 2 rings (SSSR count). The Kier molecular flexibility index (Phi) is 6.46. The van der Waals surface area contributed by atoms with Gasteiger partial charge < -0.3 is 9.64 Å². The van der Waals surface area contributed by atoms with Gasteiger partial charge in [0.1, 0.15) is 5.75 Å². The molecule has 1 aliphatic heterocycles. The number of carbonyl (C=O) groups is 1. The second kappa shape index (κ2) is 8.19. The van der Waals surface area contributed by atoms with Gasteiger partial charge in [0.25, 0.3) is 0 Å². The van der Waals surface area contributed by atoms with Crippen LogP contribution < -0.4 is 4.74 Å². The monoisotopic (exact) mass is 368 g/mol. The summed E-state index contributed by atoms with van der Waals surface area (Å²) in [7, 11) is -1.99. The number of amides is 1. The van der Waals surface area contributed by atoms with Crippen molar-refractivity contribution >= 4 is 15.9 Å². The highest BCUT2D eigenvalue weighted by molar-refractivity contribution is 7.89. The van der Waals surface area contributed by atoms with Gasteiger partial charge in [0, 0.05) is 32.6 Å². The highest BCUT2D eigenvalue weighted by Gasteiger charge is 2.31. The zero-order valence-electron chi connectivity index (χ0n) is 15.5. The number of piperazine rings is 1. The summed E-state index contributed by atoms with van der Waals surface area (Å²) >= 11 is 0. The molecule has 0 aromatic heterocycles. The molecule has 0 aliphatic carbocycles. The minimum Gasteiger partial charge on any atom is -0.496 e. The first-order valence-corrected chi connectivity index (χ1v) is 10.2. The van der Waals surface area contributed by atoms with Gasteiger partial charge in [0.2, 0.25) is 15.9 Å². The number of hydrogen-bond donors (Lipinski definition) is 0. The molecule has 1 aromatic rings. The summed E-state index contributed by atoms with van der Waals surface area (Å²) < 4.78 is 32.7. The van der Waals surface area contributed by atoms with E-state index in [1.54, 1.807) is 31.1 Å². The number of hydrogen-bond acceptors (Lipinski definition) is 4. The molecule has 1 aromatic carbocycles. The minimum absolute atomic E-state index is 0.121. The fourth-order valence-electron chi connectivity index (χ4n) is 3.06. The lowest BCUT2D eigenvalue weighted by Gasteiger charge is -2.34. The molecule has 7 heteroatoms. The molecule has 140 valence electrons. The van der Waals surface area contributed by atoms with Gasteiger partial charge in [-0.1, -0.05) is 13.3 Å². The topological polar surface area (TPSA) is 66.9 Å². The predicted molar refractivity (Wildman–Crippen MR) is 97.3 cm³/mol. The highest BCUT2D eigenvalue weighted by atomic mass is 32.2. The average molecular weight is 368 g/mol. The van der Waals surface area contributed by atoms with Crippen LogP contribution in [0.1, 0.15) is 37.3 Å². The van der Waals surface area contributed by atoms with Gasteiger partial charge in [-0.15, -0.1) is 0 Å². The first-order chi connectivity index (χ1) is 11.8. The molecule has 1 saturated heterocycles. The summed E-state index contributed by atoms with van der Waals surface area (Å²) in [6.45, 7) is 7.25. The van der Waals surface area contributed by atoms with E-state index in [-0.39, 0.29) is 5.91 Å². The Hall–Kier alpha value is -1.60. The number of aryl methyl sites for hydroxylation is 2. The van der Waals surface area contributed by atoms with E-state index >= 15 is 0 Å². The summed E-state index contributed by atoms with van der Waals surface area (Å²) in [5.74, 6) is 0.804. The van der Waals surface area contributed by atoms with E-state index in [4.69, 9.17) is 4.74 Å². The molecule has 1 amide bonds. The van der Waals surface area contributed by atoms with E-state index < -0.39 is 10.0 Å². The second-order valence-corrected chi connectivity index (χ2v) is 8.38. The fourth-order valence-corrected chi connectivity index (χ4v) is 4.78. The molecule has 1 heterocycles. The van der Waals surface area contributed by atoms with Gasteiger partial charge in [0.05, 0.1) is 12.0 Å². The standard InChI is InChI=1S/C18H28N2O4S/c1-5-6-7-18(21)19-8-10-20(11-9-19)25(22,23)17-13-14(2)16(24-4)12-15(17)3/h12-13H,5-11H2,1-4H3. The maximum absolute atomic E-state index is 13.0. The number of ether oxygens (including phenoxy) is 1. The van der Waals surface area contributed by atoms with Gasteiger partial charge >= 0.3 is 0 Å². The van der Waals surface area contributed by atoms with Gasteiger partial charge in [0.15, 0.2) is 0 Å². The molecule has 0 radical (unpaired) electrons. The Balaban J connectivity index is 2.12. The Morgan fingerprint density at radius 1 is 1.12 bits per heavy atom. The first kappa shape index (κ1) is 19.7. The summed E-state index contributed by atoms with van der Waals surface area (Å²) in [5.41, 5.74) is 1.46. The van der Waals surface area contributed by atoms with E-state index in [0.29, 0.717) is 48.8 Å². The van der Waals surface area contributed by atoms with Crippen LogP contribution in [-0.2, 0) is 14.8 Å². The van der Waals surface area contributed by atoms with Crippen molar-refractivity contribution in [3.05, 3.63) is 23.3 Å². The lowest BCUT2D eigenvalue weighted by atomic mass is 10.1. The first-order valence-electron chi connectivity index (χ1n) is 8.74. The maximum atomic E-state index is 13.0. The molecule has 25 heavy (non-hydrogen) atoms. The third kappa shape index (κ3) is 4.33. The number of rotatable bonds is 6. The van der Waals surface area contributed by atoms with Gasteiger partial charge in [-0.3, -0.25) is 4.79 Å². The number of nitrogens with zero attached hydrogens (tertiary/aromatic N) is 2. The van der Waals surface area contributed by atoms with Crippen LogP contribution in [0.2, 0.25) is 0 Å². The van der Waals surface area contributed by atoms with Crippen LogP contribution in [0.3, 0.4) is 0 Å². The molecule has 1 aliphatic rings. The van der Waals surface area contributed by atoms with Crippen LogP contribution in [0, 0.1) is 13.8 Å². The van der Waals surface area contributed by atoms with Crippen molar-refractivity contribution in [2.24, 2.45) is 0 Å². The van der Waals surface area contributed by atoms with E-state index in [1.807, 2.05) is 6.92 Å². The molecule has 0 spiro atoms. The SMILES string of the molecule is CCCCC(=O)N1CCN(S(=O)(=O)c2cc(C)c(OC)cc2C)CC1. The Bertz CT molecular complexity index is 723. The van der Waals surface area contributed by atoms with Gasteiger partial charge in [-0.25, -0.2) is 8.42 Å². The van der Waals surface area contributed by atoms with E-state index in [9.17, 15) is 13.2 Å². The fraction of sp³-hybridized carbons (Fsp3) is 0.611. The molecular formula is C18H28N2O4S. The largest absolute Gasteiger partial charge is 0.496 e. The molecule has 6 nitrogen and oxygen atoms in total. The average Bonchev–Trinajstić information content (AvgIpc) is 2.61. The Labute approximate surface area is 150 Å².